The summed E-state index contributed by atoms with van der Waals surface area (Å²) < 4.78 is 0. The summed E-state index contributed by atoms with van der Waals surface area (Å²) in [6.45, 7) is 1.44. The van der Waals surface area contributed by atoms with Crippen molar-refractivity contribution in [1.82, 2.24) is 5.43 Å². The summed E-state index contributed by atoms with van der Waals surface area (Å²) >= 11 is 0. The highest BCUT2D eigenvalue weighted by atomic mass is 16.6. The topological polar surface area (TPSA) is 168 Å². The molecule has 0 spiro atoms. The van der Waals surface area contributed by atoms with Crippen molar-refractivity contribution in [2.45, 2.75) is 6.92 Å². The Morgan fingerprint density at radius 3 is 2.15 bits per heavy atom. The van der Waals surface area contributed by atoms with Gasteiger partial charge in [0.2, 0.25) is 0 Å². The Balaban J connectivity index is 2.31. The van der Waals surface area contributed by atoms with E-state index >= 15 is 0 Å². The molecule has 0 atom stereocenters. The van der Waals surface area contributed by atoms with Crippen LogP contribution in [-0.2, 0) is 0 Å². The molecule has 0 aliphatic heterocycles. The number of hydrazone groups is 1. The molecule has 0 aromatic heterocycles. The predicted octanol–water partition coefficient (Wildman–Crippen LogP) is 2.07. The van der Waals surface area contributed by atoms with E-state index in [1.165, 1.54) is 25.1 Å². The van der Waals surface area contributed by atoms with E-state index in [0.29, 0.717) is 0 Å². The summed E-state index contributed by atoms with van der Waals surface area (Å²) in [5.41, 5.74) is 0.806. The lowest BCUT2D eigenvalue weighted by Gasteiger charge is -2.06. The lowest BCUT2D eigenvalue weighted by molar-refractivity contribution is -0.394. The number of aromatic hydroxyl groups is 2. The number of nitro groups is 2. The first kappa shape index (κ1) is 18.3. The number of rotatable bonds is 5. The second kappa shape index (κ2) is 7.25. The van der Waals surface area contributed by atoms with Gasteiger partial charge in [0, 0.05) is 17.7 Å². The third-order valence-electron chi connectivity index (χ3n) is 3.28. The Morgan fingerprint density at radius 2 is 1.62 bits per heavy atom. The Kier molecular flexibility index (Phi) is 5.11. The molecular weight excluding hydrogens is 348 g/mol. The lowest BCUT2D eigenvalue weighted by atomic mass is 10.1. The van der Waals surface area contributed by atoms with Crippen LogP contribution in [0.5, 0.6) is 11.5 Å². The molecular formula is C15H12N4O7. The van der Waals surface area contributed by atoms with Crippen LogP contribution in [0, 0.1) is 20.2 Å². The normalized spacial score (nSPS) is 11.0. The van der Waals surface area contributed by atoms with Gasteiger partial charge in [-0.25, -0.2) is 5.43 Å². The molecule has 0 unspecified atom stereocenters. The Morgan fingerprint density at radius 1 is 1.04 bits per heavy atom. The van der Waals surface area contributed by atoms with Crippen molar-refractivity contribution in [3.8, 4) is 11.5 Å². The summed E-state index contributed by atoms with van der Waals surface area (Å²) in [5.74, 6) is -1.24. The average molecular weight is 360 g/mol. The van der Waals surface area contributed by atoms with Crippen molar-refractivity contribution in [3.63, 3.8) is 0 Å². The van der Waals surface area contributed by atoms with Crippen molar-refractivity contribution in [2.75, 3.05) is 0 Å². The van der Waals surface area contributed by atoms with Crippen LogP contribution in [0.15, 0.2) is 41.5 Å². The van der Waals surface area contributed by atoms with Crippen LogP contribution >= 0.6 is 0 Å². The fraction of sp³-hybridized carbons (Fsp3) is 0.0667. The fourth-order valence-electron chi connectivity index (χ4n) is 2.01. The molecule has 0 bridgehead atoms. The number of phenols is 2. The molecule has 134 valence electrons. The van der Waals surface area contributed by atoms with Crippen molar-refractivity contribution in [1.29, 1.82) is 0 Å². The van der Waals surface area contributed by atoms with E-state index in [2.05, 4.69) is 10.5 Å². The highest BCUT2D eigenvalue weighted by Gasteiger charge is 2.20. The first-order valence-corrected chi connectivity index (χ1v) is 7.00. The SMILES string of the molecule is C/C(=N\NC(=O)c1cc([N+](=O)[O-])cc([N+](=O)[O-])c1)c1cc(O)ccc1O. The van der Waals surface area contributed by atoms with Crippen LogP contribution in [0.4, 0.5) is 11.4 Å². The van der Waals surface area contributed by atoms with Crippen molar-refractivity contribution in [3.05, 3.63) is 67.8 Å². The van der Waals surface area contributed by atoms with Gasteiger partial charge in [0.1, 0.15) is 11.5 Å². The standard InChI is InChI=1S/C15H12N4O7/c1-8(13-7-12(20)2-3-14(13)21)16-17-15(22)9-4-10(18(23)24)6-11(5-9)19(25)26/h2-7,20-21H,1H3,(H,17,22)/b16-8+. The molecule has 2 aromatic rings. The van der Waals surface area contributed by atoms with Gasteiger partial charge in [-0.3, -0.25) is 25.0 Å². The molecule has 0 aliphatic rings. The van der Waals surface area contributed by atoms with Crippen LogP contribution in [-0.4, -0.2) is 31.7 Å². The molecule has 0 saturated heterocycles. The summed E-state index contributed by atoms with van der Waals surface area (Å²) in [6, 6.07) is 6.19. The number of nitrogens with one attached hydrogen (secondary N) is 1. The van der Waals surface area contributed by atoms with E-state index in [4.69, 9.17) is 0 Å². The molecule has 0 fully saturated rings. The van der Waals surface area contributed by atoms with E-state index in [0.717, 1.165) is 18.2 Å². The molecule has 11 nitrogen and oxygen atoms in total. The van der Waals surface area contributed by atoms with E-state index < -0.39 is 27.1 Å². The van der Waals surface area contributed by atoms with Gasteiger partial charge in [0.05, 0.1) is 27.2 Å². The number of hydrogen-bond donors (Lipinski definition) is 3. The molecule has 0 saturated carbocycles. The first-order valence-electron chi connectivity index (χ1n) is 7.00. The zero-order valence-corrected chi connectivity index (χ0v) is 13.2. The molecule has 0 aliphatic carbocycles. The van der Waals surface area contributed by atoms with Gasteiger partial charge >= 0.3 is 0 Å². The van der Waals surface area contributed by atoms with E-state index in [1.54, 1.807) is 0 Å². The number of nitro benzene ring substituents is 2. The maximum atomic E-state index is 12.1. The zero-order valence-electron chi connectivity index (χ0n) is 13.2. The quantitative estimate of drug-likeness (QED) is 0.317. The largest absolute Gasteiger partial charge is 0.508 e. The molecule has 0 radical (unpaired) electrons. The maximum absolute atomic E-state index is 12.1. The lowest BCUT2D eigenvalue weighted by Crippen LogP contribution is -2.19. The van der Waals surface area contributed by atoms with Gasteiger partial charge in [-0.05, 0) is 25.1 Å². The summed E-state index contributed by atoms with van der Waals surface area (Å²) in [5, 5.41) is 44.6. The minimum absolute atomic E-state index is 0.131. The molecule has 1 amide bonds. The number of non-ortho nitro benzene ring substituents is 2. The summed E-state index contributed by atoms with van der Waals surface area (Å²) in [7, 11) is 0. The Labute approximate surface area is 145 Å². The van der Waals surface area contributed by atoms with Gasteiger partial charge in [-0.2, -0.15) is 5.10 Å². The fourth-order valence-corrected chi connectivity index (χ4v) is 2.01. The summed E-state index contributed by atoms with van der Waals surface area (Å²) in [4.78, 5) is 32.1. The Hall–Kier alpha value is -4.02. The highest BCUT2D eigenvalue weighted by molar-refractivity contribution is 6.03. The second-order valence-corrected chi connectivity index (χ2v) is 5.09. The second-order valence-electron chi connectivity index (χ2n) is 5.09. The van der Waals surface area contributed by atoms with Crippen molar-refractivity contribution >= 4 is 23.0 Å². The summed E-state index contributed by atoms with van der Waals surface area (Å²) in [6.07, 6.45) is 0. The smallest absolute Gasteiger partial charge is 0.277 e. The minimum atomic E-state index is -0.921. The predicted molar refractivity (Wildman–Crippen MR) is 89.2 cm³/mol. The van der Waals surface area contributed by atoms with Crippen molar-refractivity contribution < 1.29 is 24.9 Å². The number of amides is 1. The highest BCUT2D eigenvalue weighted by Crippen LogP contribution is 2.24. The number of benzene rings is 2. The molecule has 2 rings (SSSR count). The number of nitrogens with zero attached hydrogens (tertiary/aromatic N) is 3. The number of phenolic OH excluding ortho intramolecular Hbond substituents is 2. The first-order chi connectivity index (χ1) is 12.2. The molecule has 2 aromatic carbocycles. The zero-order chi connectivity index (χ0) is 19.4. The van der Waals surface area contributed by atoms with Gasteiger partial charge in [-0.1, -0.05) is 0 Å². The monoisotopic (exact) mass is 360 g/mol. The van der Waals surface area contributed by atoms with Gasteiger partial charge in [-0.15, -0.1) is 0 Å². The van der Waals surface area contributed by atoms with Crippen LogP contribution in [0.3, 0.4) is 0 Å². The maximum Gasteiger partial charge on any atom is 0.277 e. The number of carbonyl (C=O) groups is 1. The average Bonchev–Trinajstić information content (AvgIpc) is 2.60. The van der Waals surface area contributed by atoms with Crippen LogP contribution < -0.4 is 5.43 Å². The van der Waals surface area contributed by atoms with E-state index in [9.17, 15) is 35.2 Å². The van der Waals surface area contributed by atoms with E-state index in [1.807, 2.05) is 0 Å². The van der Waals surface area contributed by atoms with Crippen LogP contribution in [0.25, 0.3) is 0 Å². The molecule has 3 N–H and O–H groups in total. The molecule has 11 heteroatoms. The Bertz CT molecular complexity index is 907. The molecule has 0 heterocycles. The number of carbonyl (C=O) groups excluding carboxylic acids is 1. The van der Waals surface area contributed by atoms with Gasteiger partial charge in [0.15, 0.2) is 0 Å². The third-order valence-corrected chi connectivity index (χ3v) is 3.28. The minimum Gasteiger partial charge on any atom is -0.508 e. The van der Waals surface area contributed by atoms with Crippen molar-refractivity contribution in [2.24, 2.45) is 5.10 Å². The van der Waals surface area contributed by atoms with E-state index in [-0.39, 0.29) is 28.3 Å². The van der Waals surface area contributed by atoms with Gasteiger partial charge < -0.3 is 10.2 Å². The number of hydrogen-bond acceptors (Lipinski definition) is 8. The van der Waals surface area contributed by atoms with Crippen LogP contribution in [0.2, 0.25) is 0 Å². The van der Waals surface area contributed by atoms with Gasteiger partial charge in [0.25, 0.3) is 17.3 Å². The van der Waals surface area contributed by atoms with Crippen LogP contribution in [0.1, 0.15) is 22.8 Å². The third kappa shape index (κ3) is 4.08. The molecule has 26 heavy (non-hydrogen) atoms.